The maximum absolute atomic E-state index is 11.5. The molecule has 1 saturated heterocycles. The van der Waals surface area contributed by atoms with Gasteiger partial charge in [-0.15, -0.1) is 0 Å². The Balaban J connectivity index is 2.94. The zero-order chi connectivity index (χ0) is 14.6. The number of amides is 1. The summed E-state index contributed by atoms with van der Waals surface area (Å²) in [6.07, 6.45) is -4.50. The number of primary amides is 1. The molecule has 0 spiro atoms. The van der Waals surface area contributed by atoms with Gasteiger partial charge in [-0.05, 0) is 24.3 Å². The molecule has 1 amide bonds. The second-order valence-corrected chi connectivity index (χ2v) is 5.99. The number of thioether (sulfide) groups is 1. The van der Waals surface area contributed by atoms with Crippen molar-refractivity contribution >= 4 is 17.7 Å². The van der Waals surface area contributed by atoms with E-state index in [1.165, 1.54) is 0 Å². The zero-order valence-corrected chi connectivity index (χ0v) is 11.3. The van der Waals surface area contributed by atoms with E-state index in [1.54, 1.807) is 11.8 Å². The Morgan fingerprint density at radius 2 is 1.84 bits per heavy atom. The van der Waals surface area contributed by atoms with Crippen molar-refractivity contribution in [2.24, 2.45) is 11.7 Å². The quantitative estimate of drug-likeness (QED) is 0.316. The normalized spacial score (nSPS) is 25.3. The van der Waals surface area contributed by atoms with E-state index in [0.717, 1.165) is 0 Å². The molecule has 4 unspecified atom stereocenters. The Labute approximate surface area is 115 Å². The van der Waals surface area contributed by atoms with Crippen LogP contribution in [-0.2, 0) is 4.79 Å². The summed E-state index contributed by atoms with van der Waals surface area (Å²) in [4.78, 5) is 11.5. The number of carbonyl (C=O) groups excluding carboxylic acids is 1. The smallest absolute Gasteiger partial charge is 0.252 e. The molecule has 0 aromatic carbocycles. The fraction of sp³-hybridized carbons (Fsp3) is 0.909. The number of aliphatic hydroxyl groups excluding tert-OH is 4. The highest BCUT2D eigenvalue weighted by molar-refractivity contribution is 7.99. The van der Waals surface area contributed by atoms with E-state index in [1.807, 2.05) is 0 Å². The second kappa shape index (κ2) is 6.87. The zero-order valence-electron chi connectivity index (χ0n) is 10.5. The minimum absolute atomic E-state index is 0.475. The predicted molar refractivity (Wildman–Crippen MR) is 69.3 cm³/mol. The number of rotatable bonds is 6. The summed E-state index contributed by atoms with van der Waals surface area (Å²) < 4.78 is 0. The fourth-order valence-corrected chi connectivity index (χ4v) is 3.41. The first-order chi connectivity index (χ1) is 8.85. The molecule has 1 fully saturated rings. The Kier molecular flexibility index (Phi) is 6.03. The summed E-state index contributed by atoms with van der Waals surface area (Å²) in [5, 5.41) is 48.1. The molecule has 8 heteroatoms. The SMILES string of the molecule is NC(=O)C(O)(C1CCSCC1)C(O)C(O)C(O)CO. The molecular formula is C11H21NO6S. The van der Waals surface area contributed by atoms with E-state index >= 15 is 0 Å². The lowest BCUT2D eigenvalue weighted by molar-refractivity contribution is -0.188. The van der Waals surface area contributed by atoms with Crippen molar-refractivity contribution in [1.29, 1.82) is 0 Å². The van der Waals surface area contributed by atoms with E-state index in [9.17, 15) is 25.2 Å². The van der Waals surface area contributed by atoms with Gasteiger partial charge in [0.25, 0.3) is 5.91 Å². The van der Waals surface area contributed by atoms with Crippen LogP contribution in [0.4, 0.5) is 0 Å². The standard InChI is InChI=1S/C11H21NO6S/c12-10(17)11(18,6-1-3-19-4-2-6)9(16)8(15)7(14)5-13/h6-9,13-16,18H,1-5H2,(H2,12,17). The van der Waals surface area contributed by atoms with Crippen LogP contribution in [0.1, 0.15) is 12.8 Å². The topological polar surface area (TPSA) is 144 Å². The second-order valence-electron chi connectivity index (χ2n) is 4.76. The third-order valence-electron chi connectivity index (χ3n) is 3.59. The van der Waals surface area contributed by atoms with Crippen molar-refractivity contribution in [3.8, 4) is 0 Å². The molecule has 1 rings (SSSR count). The van der Waals surface area contributed by atoms with Gasteiger partial charge in [0.15, 0.2) is 5.60 Å². The monoisotopic (exact) mass is 295 g/mol. The minimum atomic E-state index is -2.31. The average molecular weight is 295 g/mol. The molecule has 4 atom stereocenters. The maximum atomic E-state index is 11.5. The summed E-state index contributed by atoms with van der Waals surface area (Å²) in [5.41, 5.74) is 2.86. The van der Waals surface area contributed by atoms with E-state index < -0.39 is 42.3 Å². The number of carbonyl (C=O) groups is 1. The van der Waals surface area contributed by atoms with Gasteiger partial charge >= 0.3 is 0 Å². The average Bonchev–Trinajstić information content (AvgIpc) is 2.44. The number of hydrogen-bond acceptors (Lipinski definition) is 7. The number of hydrogen-bond donors (Lipinski definition) is 6. The summed E-state index contributed by atoms with van der Waals surface area (Å²) in [7, 11) is 0. The van der Waals surface area contributed by atoms with E-state index in [-0.39, 0.29) is 0 Å². The van der Waals surface area contributed by atoms with E-state index in [0.29, 0.717) is 24.3 Å². The molecule has 1 heterocycles. The first-order valence-corrected chi connectivity index (χ1v) is 7.26. The lowest BCUT2D eigenvalue weighted by Gasteiger charge is -2.41. The molecule has 0 aromatic rings. The first-order valence-electron chi connectivity index (χ1n) is 6.10. The van der Waals surface area contributed by atoms with E-state index in [4.69, 9.17) is 10.8 Å². The van der Waals surface area contributed by atoms with Crippen molar-refractivity contribution < 1.29 is 30.3 Å². The van der Waals surface area contributed by atoms with Gasteiger partial charge in [-0.1, -0.05) is 0 Å². The fourth-order valence-electron chi connectivity index (χ4n) is 2.30. The molecule has 0 saturated carbocycles. The number of aliphatic hydroxyl groups is 5. The van der Waals surface area contributed by atoms with Gasteiger partial charge in [0.2, 0.25) is 0 Å². The van der Waals surface area contributed by atoms with Crippen molar-refractivity contribution in [2.45, 2.75) is 36.8 Å². The summed E-state index contributed by atoms with van der Waals surface area (Å²) in [6.45, 7) is -0.798. The molecule has 0 aliphatic carbocycles. The lowest BCUT2D eigenvalue weighted by Crippen LogP contribution is -2.64. The van der Waals surface area contributed by atoms with Crippen molar-refractivity contribution in [2.75, 3.05) is 18.1 Å². The van der Waals surface area contributed by atoms with Gasteiger partial charge in [0, 0.05) is 5.92 Å². The third-order valence-corrected chi connectivity index (χ3v) is 4.64. The molecular weight excluding hydrogens is 274 g/mol. The molecule has 7 nitrogen and oxygen atoms in total. The van der Waals surface area contributed by atoms with Gasteiger partial charge in [0.05, 0.1) is 6.61 Å². The molecule has 0 bridgehead atoms. The van der Waals surface area contributed by atoms with Crippen LogP contribution in [-0.4, -0.2) is 73.5 Å². The Morgan fingerprint density at radius 1 is 1.32 bits per heavy atom. The Hall–Kier alpha value is -0.380. The van der Waals surface area contributed by atoms with Gasteiger partial charge in [-0.3, -0.25) is 4.79 Å². The van der Waals surface area contributed by atoms with Gasteiger partial charge in [-0.25, -0.2) is 0 Å². The van der Waals surface area contributed by atoms with Crippen LogP contribution < -0.4 is 5.73 Å². The lowest BCUT2D eigenvalue weighted by atomic mass is 9.76. The third kappa shape index (κ3) is 3.39. The molecule has 0 aromatic heterocycles. The minimum Gasteiger partial charge on any atom is -0.394 e. The predicted octanol–water partition coefficient (Wildman–Crippen LogP) is -2.58. The summed E-state index contributed by atoms with van der Waals surface area (Å²) in [5.74, 6) is -0.292. The van der Waals surface area contributed by atoms with Crippen molar-refractivity contribution in [1.82, 2.24) is 0 Å². The van der Waals surface area contributed by atoms with Crippen LogP contribution in [0.3, 0.4) is 0 Å². The number of nitrogens with two attached hydrogens (primary N) is 1. The highest BCUT2D eigenvalue weighted by Gasteiger charge is 2.52. The molecule has 19 heavy (non-hydrogen) atoms. The van der Waals surface area contributed by atoms with Crippen LogP contribution in [0.15, 0.2) is 0 Å². The van der Waals surface area contributed by atoms with Gasteiger partial charge in [-0.2, -0.15) is 11.8 Å². The van der Waals surface area contributed by atoms with Gasteiger partial charge < -0.3 is 31.3 Å². The molecule has 0 radical (unpaired) electrons. The van der Waals surface area contributed by atoms with Crippen LogP contribution >= 0.6 is 11.8 Å². The highest BCUT2D eigenvalue weighted by Crippen LogP contribution is 2.35. The Morgan fingerprint density at radius 3 is 2.26 bits per heavy atom. The van der Waals surface area contributed by atoms with Crippen molar-refractivity contribution in [3.05, 3.63) is 0 Å². The van der Waals surface area contributed by atoms with Crippen molar-refractivity contribution in [3.63, 3.8) is 0 Å². The Bertz CT molecular complexity index is 312. The summed E-state index contributed by atoms with van der Waals surface area (Å²) in [6, 6.07) is 0. The molecule has 1 aliphatic rings. The van der Waals surface area contributed by atoms with Crippen LogP contribution in [0.25, 0.3) is 0 Å². The maximum Gasteiger partial charge on any atom is 0.252 e. The van der Waals surface area contributed by atoms with Gasteiger partial charge in [0.1, 0.15) is 18.3 Å². The van der Waals surface area contributed by atoms with E-state index in [2.05, 4.69) is 0 Å². The molecule has 112 valence electrons. The molecule has 1 aliphatic heterocycles. The largest absolute Gasteiger partial charge is 0.394 e. The van der Waals surface area contributed by atoms with Crippen LogP contribution in [0.2, 0.25) is 0 Å². The van der Waals surface area contributed by atoms with Crippen LogP contribution in [0, 0.1) is 5.92 Å². The van der Waals surface area contributed by atoms with Crippen LogP contribution in [0.5, 0.6) is 0 Å². The molecule has 7 N–H and O–H groups in total. The first kappa shape index (κ1) is 16.7. The highest BCUT2D eigenvalue weighted by atomic mass is 32.2. The summed E-state index contributed by atoms with van der Waals surface area (Å²) >= 11 is 1.66.